The van der Waals surface area contributed by atoms with Gasteiger partial charge in [-0.25, -0.2) is 13.1 Å². The van der Waals surface area contributed by atoms with Crippen LogP contribution in [0.15, 0.2) is 45.6 Å². The Bertz CT molecular complexity index is 972. The largest absolute Gasteiger partial charge is 0.372 e. The Morgan fingerprint density at radius 2 is 1.94 bits per heavy atom. The predicted molar refractivity (Wildman–Crippen MR) is 140 cm³/mol. The molecule has 31 heavy (non-hydrogen) atoms. The lowest BCUT2D eigenvalue weighted by atomic mass is 10.1. The number of guanidine groups is 1. The van der Waals surface area contributed by atoms with Crippen LogP contribution in [0.25, 0.3) is 0 Å². The molecule has 0 amide bonds. The summed E-state index contributed by atoms with van der Waals surface area (Å²) in [6.07, 6.45) is 2.51. The number of hydrogen-bond acceptors (Lipinski definition) is 5. The minimum absolute atomic E-state index is 0. The van der Waals surface area contributed by atoms with Crippen molar-refractivity contribution in [1.82, 2.24) is 15.4 Å². The maximum absolute atomic E-state index is 12.3. The fraction of sp³-hybridized carbons (Fsp3) is 0.476. The number of nitrogens with one attached hydrogen (secondary N) is 3. The van der Waals surface area contributed by atoms with Crippen molar-refractivity contribution in [1.29, 1.82) is 0 Å². The second-order valence-electron chi connectivity index (χ2n) is 7.42. The van der Waals surface area contributed by atoms with E-state index in [-0.39, 0.29) is 36.6 Å². The number of halogens is 1. The summed E-state index contributed by atoms with van der Waals surface area (Å²) in [6, 6.07) is 12.1. The topological polar surface area (TPSA) is 85.8 Å². The molecular weight excluding hydrogens is 545 g/mol. The van der Waals surface area contributed by atoms with Gasteiger partial charge in [0.05, 0.1) is 6.04 Å². The fourth-order valence-corrected chi connectivity index (χ4v) is 5.80. The van der Waals surface area contributed by atoms with Gasteiger partial charge in [0.2, 0.25) is 10.0 Å². The molecule has 1 aliphatic rings. The molecule has 3 N–H and O–H groups in total. The number of thiophene rings is 1. The molecule has 1 fully saturated rings. The van der Waals surface area contributed by atoms with Crippen LogP contribution in [0.3, 0.4) is 0 Å². The van der Waals surface area contributed by atoms with Gasteiger partial charge in [0.25, 0.3) is 0 Å². The van der Waals surface area contributed by atoms with Gasteiger partial charge in [-0.05, 0) is 56.5 Å². The molecule has 1 atom stereocenters. The van der Waals surface area contributed by atoms with Crippen molar-refractivity contribution in [3.05, 3.63) is 46.8 Å². The monoisotopic (exact) mass is 577 g/mol. The molecule has 0 bridgehead atoms. The summed E-state index contributed by atoms with van der Waals surface area (Å²) in [4.78, 5) is 7.65. The quantitative estimate of drug-likeness (QED) is 0.194. The second kappa shape index (κ2) is 12.0. The van der Waals surface area contributed by atoms with Crippen LogP contribution in [-0.2, 0) is 10.0 Å². The highest BCUT2D eigenvalue weighted by Crippen LogP contribution is 2.24. The standard InChI is InChI=1S/C21H31N5O2S2.HI/c1-16-9-10-20(29-16)30(27,28)24-12-11-23-21(22-3)25-17(2)18-7-6-8-19(15-18)26-13-4-5-14-26;/h6-10,15,17,24H,4-5,11-14H2,1-3H3,(H2,22,23,25);1H. The van der Waals surface area contributed by atoms with Gasteiger partial charge < -0.3 is 15.5 Å². The highest BCUT2D eigenvalue weighted by Gasteiger charge is 2.16. The first-order valence-corrected chi connectivity index (χ1v) is 12.6. The fourth-order valence-electron chi connectivity index (χ4n) is 3.44. The van der Waals surface area contributed by atoms with Gasteiger partial charge in [0.1, 0.15) is 4.21 Å². The van der Waals surface area contributed by atoms with E-state index in [4.69, 9.17) is 0 Å². The summed E-state index contributed by atoms with van der Waals surface area (Å²) in [5.74, 6) is 0.639. The van der Waals surface area contributed by atoms with E-state index >= 15 is 0 Å². The normalized spacial score (nSPS) is 15.5. The average Bonchev–Trinajstić information content (AvgIpc) is 3.42. The van der Waals surface area contributed by atoms with Gasteiger partial charge in [0.15, 0.2) is 5.96 Å². The van der Waals surface area contributed by atoms with Crippen LogP contribution < -0.4 is 20.3 Å². The molecule has 0 radical (unpaired) electrons. The number of sulfonamides is 1. The molecule has 1 aromatic heterocycles. The van der Waals surface area contributed by atoms with Crippen LogP contribution in [0.2, 0.25) is 0 Å². The summed E-state index contributed by atoms with van der Waals surface area (Å²) >= 11 is 1.27. The van der Waals surface area contributed by atoms with Crippen LogP contribution >= 0.6 is 35.3 Å². The molecule has 0 saturated carbocycles. The third-order valence-electron chi connectivity index (χ3n) is 5.11. The van der Waals surface area contributed by atoms with Crippen LogP contribution in [0.1, 0.15) is 36.2 Å². The summed E-state index contributed by atoms with van der Waals surface area (Å²) in [7, 11) is -1.75. The first-order chi connectivity index (χ1) is 14.4. The third-order valence-corrected chi connectivity index (χ3v) is 8.06. The van der Waals surface area contributed by atoms with E-state index in [1.807, 2.05) is 13.0 Å². The van der Waals surface area contributed by atoms with Crippen LogP contribution in [0.5, 0.6) is 0 Å². The van der Waals surface area contributed by atoms with Crippen LogP contribution in [0.4, 0.5) is 5.69 Å². The van der Waals surface area contributed by atoms with E-state index in [9.17, 15) is 8.42 Å². The van der Waals surface area contributed by atoms with E-state index in [0.29, 0.717) is 16.7 Å². The van der Waals surface area contributed by atoms with Gasteiger partial charge in [-0.15, -0.1) is 35.3 Å². The summed E-state index contributed by atoms with van der Waals surface area (Å²) in [6.45, 7) is 6.94. The average molecular weight is 578 g/mol. The molecule has 1 unspecified atom stereocenters. The number of hydrogen-bond donors (Lipinski definition) is 3. The van der Waals surface area contributed by atoms with Gasteiger partial charge in [0, 0.05) is 43.8 Å². The molecular formula is C21H32IN5O2S2. The zero-order valence-electron chi connectivity index (χ0n) is 18.2. The number of aliphatic imine (C=N–C) groups is 1. The molecule has 1 aliphatic heterocycles. The van der Waals surface area contributed by atoms with Gasteiger partial charge >= 0.3 is 0 Å². The summed E-state index contributed by atoms with van der Waals surface area (Å²) in [5, 5.41) is 6.55. The maximum atomic E-state index is 12.3. The third kappa shape index (κ3) is 7.33. The van der Waals surface area contributed by atoms with Crippen LogP contribution in [0, 0.1) is 6.92 Å². The number of anilines is 1. The van der Waals surface area contributed by atoms with E-state index in [0.717, 1.165) is 18.0 Å². The molecule has 2 aromatic rings. The number of benzene rings is 1. The smallest absolute Gasteiger partial charge is 0.250 e. The van der Waals surface area contributed by atoms with Crippen molar-refractivity contribution in [2.75, 3.05) is 38.1 Å². The zero-order valence-corrected chi connectivity index (χ0v) is 22.2. The molecule has 1 aromatic carbocycles. The minimum Gasteiger partial charge on any atom is -0.372 e. The molecule has 3 rings (SSSR count). The molecule has 0 spiro atoms. The van der Waals surface area contributed by atoms with Crippen molar-refractivity contribution < 1.29 is 8.42 Å². The summed E-state index contributed by atoms with van der Waals surface area (Å²) in [5.41, 5.74) is 2.45. The minimum atomic E-state index is -3.46. The molecule has 10 heteroatoms. The molecule has 7 nitrogen and oxygen atoms in total. The van der Waals surface area contributed by atoms with E-state index in [1.54, 1.807) is 13.1 Å². The molecule has 172 valence electrons. The molecule has 1 saturated heterocycles. The van der Waals surface area contributed by atoms with Crippen molar-refractivity contribution in [3.8, 4) is 0 Å². The van der Waals surface area contributed by atoms with Gasteiger partial charge in [-0.2, -0.15) is 0 Å². The van der Waals surface area contributed by atoms with Crippen molar-refractivity contribution in [2.45, 2.75) is 36.9 Å². The van der Waals surface area contributed by atoms with E-state index in [2.05, 4.69) is 56.4 Å². The Kier molecular flexibility index (Phi) is 10.0. The van der Waals surface area contributed by atoms with Gasteiger partial charge in [-0.1, -0.05) is 12.1 Å². The number of nitrogens with zero attached hydrogens (tertiary/aromatic N) is 2. The highest BCUT2D eigenvalue weighted by atomic mass is 127. The van der Waals surface area contributed by atoms with Crippen molar-refractivity contribution in [3.63, 3.8) is 0 Å². The van der Waals surface area contributed by atoms with Crippen molar-refractivity contribution in [2.24, 2.45) is 4.99 Å². The Hall–Kier alpha value is -1.37. The Balaban J connectivity index is 0.00000341. The Morgan fingerprint density at radius 1 is 1.19 bits per heavy atom. The summed E-state index contributed by atoms with van der Waals surface area (Å²) < 4.78 is 27.5. The van der Waals surface area contributed by atoms with Crippen molar-refractivity contribution >= 4 is 57.0 Å². The van der Waals surface area contributed by atoms with Gasteiger partial charge in [-0.3, -0.25) is 4.99 Å². The maximum Gasteiger partial charge on any atom is 0.250 e. The Labute approximate surface area is 206 Å². The second-order valence-corrected chi connectivity index (χ2v) is 10.7. The van der Waals surface area contributed by atoms with E-state index in [1.165, 1.54) is 35.4 Å². The first kappa shape index (κ1) is 25.9. The number of rotatable bonds is 8. The molecule has 0 aliphatic carbocycles. The Morgan fingerprint density at radius 3 is 2.58 bits per heavy atom. The first-order valence-electron chi connectivity index (χ1n) is 10.3. The SMILES string of the molecule is CN=C(NCCNS(=O)(=O)c1ccc(C)s1)NC(C)c1cccc(N2CCCC2)c1.I. The predicted octanol–water partition coefficient (Wildman–Crippen LogP) is 3.48. The number of aryl methyl sites for hydroxylation is 1. The lowest BCUT2D eigenvalue weighted by Crippen LogP contribution is -2.42. The molecule has 2 heterocycles. The highest BCUT2D eigenvalue weighted by molar-refractivity contribution is 14.0. The van der Waals surface area contributed by atoms with Crippen LogP contribution in [-0.4, -0.2) is 47.6 Å². The zero-order chi connectivity index (χ0) is 21.6. The lowest BCUT2D eigenvalue weighted by Gasteiger charge is -2.22. The van der Waals surface area contributed by atoms with E-state index < -0.39 is 10.0 Å². The lowest BCUT2D eigenvalue weighted by molar-refractivity contribution is 0.582.